The van der Waals surface area contributed by atoms with E-state index >= 15 is 0 Å². The van der Waals surface area contributed by atoms with Crippen LogP contribution in [0.15, 0.2) is 12.1 Å². The van der Waals surface area contributed by atoms with E-state index in [2.05, 4.69) is 10.2 Å². The summed E-state index contributed by atoms with van der Waals surface area (Å²) in [5.74, 6) is 0. The summed E-state index contributed by atoms with van der Waals surface area (Å²) in [6, 6.07) is 2.74. The number of halogens is 2. The maximum atomic E-state index is 10.9. The van der Waals surface area contributed by atoms with Gasteiger partial charge in [0.05, 0.1) is 15.0 Å². The molecule has 0 atom stereocenters. The highest BCUT2D eigenvalue weighted by atomic mass is 35.5. The van der Waals surface area contributed by atoms with Gasteiger partial charge in [-0.2, -0.15) is 0 Å². The van der Waals surface area contributed by atoms with Crippen molar-refractivity contribution in [3.63, 3.8) is 0 Å². The van der Waals surface area contributed by atoms with Gasteiger partial charge in [0.2, 0.25) is 0 Å². The monoisotopic (exact) mass is 291 g/mol. The first-order valence-electron chi connectivity index (χ1n) is 5.51. The Bertz CT molecular complexity index is 441. The first kappa shape index (κ1) is 15.0. The molecule has 0 amide bonds. The van der Waals surface area contributed by atoms with Crippen LogP contribution in [-0.4, -0.2) is 36.5 Å². The Hall–Kier alpha value is -1.04. The van der Waals surface area contributed by atoms with Gasteiger partial charge in [0, 0.05) is 19.2 Å². The fourth-order valence-electron chi connectivity index (χ4n) is 1.37. The summed E-state index contributed by atoms with van der Waals surface area (Å²) in [4.78, 5) is 12.5. The molecule has 0 fully saturated rings. The van der Waals surface area contributed by atoms with Crippen LogP contribution in [0.1, 0.15) is 6.92 Å². The van der Waals surface area contributed by atoms with Crippen molar-refractivity contribution in [3.8, 4) is 0 Å². The minimum atomic E-state index is -0.478. The number of nitrogens with one attached hydrogen (secondary N) is 1. The normalized spacial score (nSPS) is 10.7. The minimum Gasteiger partial charge on any atom is -0.378 e. The Balaban J connectivity index is 2.80. The van der Waals surface area contributed by atoms with Gasteiger partial charge in [-0.3, -0.25) is 10.1 Å². The molecule has 0 saturated heterocycles. The highest BCUT2D eigenvalue weighted by Gasteiger charge is 2.16. The van der Waals surface area contributed by atoms with E-state index in [4.69, 9.17) is 23.2 Å². The summed E-state index contributed by atoms with van der Waals surface area (Å²) in [7, 11) is 1.98. The third-order valence-electron chi connectivity index (χ3n) is 2.58. The van der Waals surface area contributed by atoms with Crippen LogP contribution >= 0.6 is 23.2 Å². The van der Waals surface area contributed by atoms with Crippen LogP contribution < -0.4 is 5.32 Å². The smallest absolute Gasteiger partial charge is 0.293 e. The van der Waals surface area contributed by atoms with Crippen molar-refractivity contribution in [2.45, 2.75) is 6.92 Å². The second-order valence-corrected chi connectivity index (χ2v) is 4.68. The molecule has 5 nitrogen and oxygen atoms in total. The molecular formula is C11H15Cl2N3O2. The zero-order valence-electron chi connectivity index (χ0n) is 10.2. The molecule has 100 valence electrons. The average Bonchev–Trinajstić information content (AvgIpc) is 2.32. The molecule has 1 rings (SSSR count). The molecule has 0 aliphatic carbocycles. The Morgan fingerprint density at radius 1 is 1.39 bits per heavy atom. The van der Waals surface area contributed by atoms with Crippen molar-refractivity contribution in [3.05, 3.63) is 32.3 Å². The standard InChI is InChI=1S/C11H15Cl2N3O2/c1-3-15(2)5-4-14-10-6-8(12)9(13)7-11(10)16(17)18/h6-7,14H,3-5H2,1-2H3. The number of nitro groups is 1. The van der Waals surface area contributed by atoms with E-state index in [0.29, 0.717) is 17.3 Å². The highest BCUT2D eigenvalue weighted by Crippen LogP contribution is 2.33. The Morgan fingerprint density at radius 2 is 2.00 bits per heavy atom. The Kier molecular flexibility index (Phi) is 5.65. The van der Waals surface area contributed by atoms with Crippen molar-refractivity contribution < 1.29 is 4.92 Å². The van der Waals surface area contributed by atoms with E-state index in [-0.39, 0.29) is 10.7 Å². The van der Waals surface area contributed by atoms with Crippen molar-refractivity contribution in [1.82, 2.24) is 4.90 Å². The second-order valence-electron chi connectivity index (χ2n) is 3.86. The molecule has 0 saturated carbocycles. The second kappa shape index (κ2) is 6.78. The molecule has 0 bridgehead atoms. The maximum Gasteiger partial charge on any atom is 0.293 e. The van der Waals surface area contributed by atoms with Crippen LogP contribution in [0.3, 0.4) is 0 Å². The molecule has 0 aromatic heterocycles. The van der Waals surface area contributed by atoms with E-state index in [9.17, 15) is 10.1 Å². The summed E-state index contributed by atoms with van der Waals surface area (Å²) in [6.07, 6.45) is 0. The quantitative estimate of drug-likeness (QED) is 0.646. The molecule has 0 radical (unpaired) electrons. The first-order chi connectivity index (χ1) is 8.45. The lowest BCUT2D eigenvalue weighted by Gasteiger charge is -2.15. The van der Waals surface area contributed by atoms with Crippen LogP contribution in [0.2, 0.25) is 10.0 Å². The lowest BCUT2D eigenvalue weighted by atomic mass is 10.2. The topological polar surface area (TPSA) is 58.4 Å². The van der Waals surface area contributed by atoms with Crippen molar-refractivity contribution in [2.75, 3.05) is 32.0 Å². The molecular weight excluding hydrogens is 277 g/mol. The van der Waals surface area contributed by atoms with Gasteiger partial charge in [0.1, 0.15) is 5.69 Å². The zero-order valence-corrected chi connectivity index (χ0v) is 11.8. The molecule has 0 heterocycles. The molecule has 1 N–H and O–H groups in total. The van der Waals surface area contributed by atoms with Gasteiger partial charge in [-0.25, -0.2) is 0 Å². The summed E-state index contributed by atoms with van der Waals surface area (Å²) < 4.78 is 0. The van der Waals surface area contributed by atoms with Crippen molar-refractivity contribution in [2.24, 2.45) is 0 Å². The number of hydrogen-bond donors (Lipinski definition) is 1. The Morgan fingerprint density at radius 3 is 2.56 bits per heavy atom. The summed E-state index contributed by atoms with van der Waals surface area (Å²) >= 11 is 11.6. The van der Waals surface area contributed by atoms with Crippen LogP contribution in [0.25, 0.3) is 0 Å². The van der Waals surface area contributed by atoms with E-state index in [1.807, 2.05) is 14.0 Å². The van der Waals surface area contributed by atoms with Crippen LogP contribution in [0.5, 0.6) is 0 Å². The number of benzene rings is 1. The third kappa shape index (κ3) is 4.01. The summed E-state index contributed by atoms with van der Waals surface area (Å²) in [5, 5.41) is 14.4. The van der Waals surface area contributed by atoms with Gasteiger partial charge in [-0.15, -0.1) is 0 Å². The summed E-state index contributed by atoms with van der Waals surface area (Å²) in [6.45, 7) is 4.35. The van der Waals surface area contributed by atoms with Crippen LogP contribution in [0.4, 0.5) is 11.4 Å². The third-order valence-corrected chi connectivity index (χ3v) is 3.31. The molecule has 0 spiro atoms. The average molecular weight is 292 g/mol. The molecule has 18 heavy (non-hydrogen) atoms. The maximum absolute atomic E-state index is 10.9. The number of nitro benzene ring substituents is 1. The molecule has 0 aliphatic heterocycles. The van der Waals surface area contributed by atoms with E-state index < -0.39 is 4.92 Å². The van der Waals surface area contributed by atoms with Gasteiger partial charge in [-0.05, 0) is 19.7 Å². The summed E-state index contributed by atoms with van der Waals surface area (Å²) in [5.41, 5.74) is 0.322. The van der Waals surface area contributed by atoms with Gasteiger partial charge in [0.25, 0.3) is 5.69 Å². The largest absolute Gasteiger partial charge is 0.378 e. The van der Waals surface area contributed by atoms with Gasteiger partial charge in [-0.1, -0.05) is 30.1 Å². The van der Waals surface area contributed by atoms with E-state index in [0.717, 1.165) is 13.1 Å². The molecule has 1 aromatic carbocycles. The van der Waals surface area contributed by atoms with Crippen LogP contribution in [0, 0.1) is 10.1 Å². The molecule has 0 aliphatic rings. The first-order valence-corrected chi connectivity index (χ1v) is 6.27. The fraction of sp³-hybridized carbons (Fsp3) is 0.455. The predicted octanol–water partition coefficient (Wildman–Crippen LogP) is 3.27. The SMILES string of the molecule is CCN(C)CCNc1cc(Cl)c(Cl)cc1[N+](=O)[O-]. The highest BCUT2D eigenvalue weighted by molar-refractivity contribution is 6.42. The molecule has 7 heteroatoms. The van der Waals surface area contributed by atoms with E-state index in [1.165, 1.54) is 12.1 Å². The number of likely N-dealkylation sites (N-methyl/N-ethyl adjacent to an activating group) is 1. The van der Waals surface area contributed by atoms with Gasteiger partial charge >= 0.3 is 0 Å². The van der Waals surface area contributed by atoms with Gasteiger partial charge in [0.15, 0.2) is 0 Å². The van der Waals surface area contributed by atoms with Crippen molar-refractivity contribution >= 4 is 34.6 Å². The van der Waals surface area contributed by atoms with Crippen molar-refractivity contribution in [1.29, 1.82) is 0 Å². The Labute approximate surface area is 116 Å². The van der Waals surface area contributed by atoms with Gasteiger partial charge < -0.3 is 10.2 Å². The fourth-order valence-corrected chi connectivity index (χ4v) is 1.69. The number of nitrogens with zero attached hydrogens (tertiary/aromatic N) is 2. The predicted molar refractivity (Wildman–Crippen MR) is 74.8 cm³/mol. The lowest BCUT2D eigenvalue weighted by Crippen LogP contribution is -2.24. The molecule has 0 unspecified atom stereocenters. The number of hydrogen-bond acceptors (Lipinski definition) is 4. The minimum absolute atomic E-state index is 0.0662. The zero-order chi connectivity index (χ0) is 13.7. The number of rotatable bonds is 6. The van der Waals surface area contributed by atoms with Crippen LogP contribution in [-0.2, 0) is 0 Å². The number of anilines is 1. The molecule has 1 aromatic rings. The van der Waals surface area contributed by atoms with E-state index in [1.54, 1.807) is 0 Å². The lowest BCUT2D eigenvalue weighted by molar-refractivity contribution is -0.383.